The van der Waals surface area contributed by atoms with Crippen molar-refractivity contribution in [2.75, 3.05) is 13.7 Å². The standard InChI is InChI=1S/C21H19N3O7/c1-31-21(28)18(13-6-3-2-4-7-13)22-17(25)8-5-11-23-19(26)15-10-9-14(24(29)30)12-16(15)20(23)27/h2-4,6-7,9-10,12,18H,5,8,11H2,1H3,(H,22,25). The number of nitro groups is 1. The monoisotopic (exact) mass is 425 g/mol. The molecule has 1 atom stereocenters. The van der Waals surface area contributed by atoms with Gasteiger partial charge in [0.15, 0.2) is 6.04 Å². The maximum atomic E-state index is 12.5. The van der Waals surface area contributed by atoms with E-state index in [4.69, 9.17) is 4.74 Å². The lowest BCUT2D eigenvalue weighted by molar-refractivity contribution is -0.384. The van der Waals surface area contributed by atoms with Gasteiger partial charge in [0.2, 0.25) is 5.91 Å². The fourth-order valence-corrected chi connectivity index (χ4v) is 3.27. The first-order chi connectivity index (χ1) is 14.8. The Kier molecular flexibility index (Phi) is 6.39. The molecule has 0 fully saturated rings. The number of carbonyl (C=O) groups excluding carboxylic acids is 4. The topological polar surface area (TPSA) is 136 Å². The third kappa shape index (κ3) is 4.58. The number of fused-ring (bicyclic) bond motifs is 1. The van der Waals surface area contributed by atoms with Crippen LogP contribution in [0.15, 0.2) is 48.5 Å². The highest BCUT2D eigenvalue weighted by Crippen LogP contribution is 2.27. The summed E-state index contributed by atoms with van der Waals surface area (Å²) in [6.07, 6.45) is 0.107. The van der Waals surface area contributed by atoms with Crippen LogP contribution in [0, 0.1) is 10.1 Å². The number of nitro benzene ring substituents is 1. The number of nitrogens with one attached hydrogen (secondary N) is 1. The van der Waals surface area contributed by atoms with E-state index >= 15 is 0 Å². The Morgan fingerprint density at radius 2 is 1.77 bits per heavy atom. The van der Waals surface area contributed by atoms with Crippen LogP contribution in [0.25, 0.3) is 0 Å². The highest BCUT2D eigenvalue weighted by molar-refractivity contribution is 6.21. The molecule has 10 nitrogen and oxygen atoms in total. The van der Waals surface area contributed by atoms with Crippen molar-refractivity contribution in [1.29, 1.82) is 0 Å². The zero-order chi connectivity index (χ0) is 22.5. The molecule has 160 valence electrons. The van der Waals surface area contributed by atoms with Crippen molar-refractivity contribution in [2.45, 2.75) is 18.9 Å². The van der Waals surface area contributed by atoms with E-state index < -0.39 is 34.7 Å². The molecule has 0 aromatic heterocycles. The molecule has 3 rings (SSSR count). The van der Waals surface area contributed by atoms with E-state index in [0.717, 1.165) is 17.0 Å². The summed E-state index contributed by atoms with van der Waals surface area (Å²) >= 11 is 0. The van der Waals surface area contributed by atoms with Crippen LogP contribution in [0.5, 0.6) is 0 Å². The van der Waals surface area contributed by atoms with Crippen LogP contribution in [0.1, 0.15) is 45.2 Å². The number of imide groups is 1. The summed E-state index contributed by atoms with van der Waals surface area (Å²) in [6, 6.07) is 11.1. The van der Waals surface area contributed by atoms with Crippen molar-refractivity contribution in [2.24, 2.45) is 0 Å². The van der Waals surface area contributed by atoms with E-state index in [1.165, 1.54) is 13.2 Å². The molecule has 0 saturated heterocycles. The first kappa shape index (κ1) is 21.6. The van der Waals surface area contributed by atoms with Gasteiger partial charge in [-0.2, -0.15) is 0 Å². The van der Waals surface area contributed by atoms with E-state index in [2.05, 4.69) is 5.32 Å². The van der Waals surface area contributed by atoms with E-state index in [-0.39, 0.29) is 36.2 Å². The van der Waals surface area contributed by atoms with Crippen LogP contribution in [-0.2, 0) is 14.3 Å². The van der Waals surface area contributed by atoms with Gasteiger partial charge in [-0.25, -0.2) is 4.79 Å². The zero-order valence-electron chi connectivity index (χ0n) is 16.6. The third-order valence-corrected chi connectivity index (χ3v) is 4.83. The Labute approximate surface area is 176 Å². The van der Waals surface area contributed by atoms with Crippen LogP contribution in [0.4, 0.5) is 5.69 Å². The van der Waals surface area contributed by atoms with Gasteiger partial charge in [-0.05, 0) is 18.1 Å². The number of esters is 1. The average Bonchev–Trinajstić information content (AvgIpc) is 3.01. The Balaban J connectivity index is 1.60. The molecule has 1 aliphatic heterocycles. The fraction of sp³-hybridized carbons (Fsp3) is 0.238. The number of methoxy groups -OCH3 is 1. The lowest BCUT2D eigenvalue weighted by atomic mass is 10.1. The number of hydrogen-bond acceptors (Lipinski definition) is 7. The second kappa shape index (κ2) is 9.16. The molecule has 1 unspecified atom stereocenters. The van der Waals surface area contributed by atoms with Crippen LogP contribution in [0.2, 0.25) is 0 Å². The minimum Gasteiger partial charge on any atom is -0.467 e. The third-order valence-electron chi connectivity index (χ3n) is 4.83. The number of ether oxygens (including phenoxy) is 1. The summed E-state index contributed by atoms with van der Waals surface area (Å²) in [4.78, 5) is 60.5. The number of nitrogens with zero attached hydrogens (tertiary/aromatic N) is 2. The number of benzene rings is 2. The first-order valence-corrected chi connectivity index (χ1v) is 9.40. The predicted molar refractivity (Wildman–Crippen MR) is 107 cm³/mol. The minimum absolute atomic E-state index is 0.0292. The van der Waals surface area contributed by atoms with Gasteiger partial charge < -0.3 is 10.1 Å². The maximum absolute atomic E-state index is 12.5. The fourth-order valence-electron chi connectivity index (χ4n) is 3.27. The second-order valence-electron chi connectivity index (χ2n) is 6.79. The Morgan fingerprint density at radius 3 is 2.42 bits per heavy atom. The lowest BCUT2D eigenvalue weighted by Gasteiger charge is -2.17. The number of rotatable bonds is 8. The Bertz CT molecular complexity index is 1050. The maximum Gasteiger partial charge on any atom is 0.333 e. The zero-order valence-corrected chi connectivity index (χ0v) is 16.6. The summed E-state index contributed by atoms with van der Waals surface area (Å²) in [6.45, 7) is -0.0399. The van der Waals surface area contributed by atoms with E-state index in [0.29, 0.717) is 5.56 Å². The van der Waals surface area contributed by atoms with Crippen molar-refractivity contribution in [1.82, 2.24) is 10.2 Å². The molecular formula is C21H19N3O7. The number of hydrogen-bond donors (Lipinski definition) is 1. The van der Waals surface area contributed by atoms with Crippen LogP contribution in [-0.4, -0.2) is 47.2 Å². The number of carbonyl (C=O) groups is 4. The Hall–Kier alpha value is -4.08. The molecule has 1 aliphatic rings. The lowest BCUT2D eigenvalue weighted by Crippen LogP contribution is -2.35. The summed E-state index contributed by atoms with van der Waals surface area (Å²) in [5, 5.41) is 13.5. The molecule has 2 aromatic carbocycles. The quantitative estimate of drug-likeness (QED) is 0.296. The summed E-state index contributed by atoms with van der Waals surface area (Å²) in [5.74, 6) is -2.28. The van der Waals surface area contributed by atoms with Crippen molar-refractivity contribution in [3.8, 4) is 0 Å². The molecule has 10 heteroatoms. The molecule has 1 N–H and O–H groups in total. The van der Waals surface area contributed by atoms with Gasteiger partial charge in [-0.15, -0.1) is 0 Å². The normalized spacial score (nSPS) is 13.5. The van der Waals surface area contributed by atoms with Gasteiger partial charge in [-0.3, -0.25) is 29.4 Å². The van der Waals surface area contributed by atoms with Gasteiger partial charge in [0.05, 0.1) is 23.2 Å². The van der Waals surface area contributed by atoms with Crippen molar-refractivity contribution in [3.05, 3.63) is 75.3 Å². The van der Waals surface area contributed by atoms with Crippen molar-refractivity contribution < 1.29 is 28.8 Å². The Morgan fingerprint density at radius 1 is 1.10 bits per heavy atom. The van der Waals surface area contributed by atoms with E-state index in [9.17, 15) is 29.3 Å². The molecule has 1 heterocycles. The number of amides is 3. The van der Waals surface area contributed by atoms with E-state index in [1.807, 2.05) is 0 Å². The predicted octanol–water partition coefficient (Wildman–Crippen LogP) is 2.00. The van der Waals surface area contributed by atoms with Gasteiger partial charge in [0.1, 0.15) is 0 Å². The molecule has 0 aliphatic carbocycles. The highest BCUT2D eigenvalue weighted by Gasteiger charge is 2.36. The largest absolute Gasteiger partial charge is 0.467 e. The van der Waals surface area contributed by atoms with Gasteiger partial charge in [0.25, 0.3) is 17.5 Å². The summed E-state index contributed by atoms with van der Waals surface area (Å²) in [5.41, 5.74) is 0.342. The van der Waals surface area contributed by atoms with Gasteiger partial charge in [-0.1, -0.05) is 30.3 Å². The van der Waals surface area contributed by atoms with Gasteiger partial charge in [0, 0.05) is 25.1 Å². The first-order valence-electron chi connectivity index (χ1n) is 9.40. The molecular weight excluding hydrogens is 406 g/mol. The van der Waals surface area contributed by atoms with E-state index in [1.54, 1.807) is 30.3 Å². The average molecular weight is 425 g/mol. The molecule has 31 heavy (non-hydrogen) atoms. The van der Waals surface area contributed by atoms with Crippen molar-refractivity contribution >= 4 is 29.4 Å². The second-order valence-corrected chi connectivity index (χ2v) is 6.79. The highest BCUT2D eigenvalue weighted by atomic mass is 16.6. The van der Waals surface area contributed by atoms with Crippen LogP contribution < -0.4 is 5.32 Å². The molecule has 3 amide bonds. The molecule has 0 spiro atoms. The smallest absolute Gasteiger partial charge is 0.333 e. The number of non-ortho nitro benzene ring substituents is 1. The van der Waals surface area contributed by atoms with Crippen molar-refractivity contribution in [3.63, 3.8) is 0 Å². The SMILES string of the molecule is COC(=O)C(NC(=O)CCCN1C(=O)c2ccc([N+](=O)[O-])cc2C1=O)c1ccccc1. The van der Waals surface area contributed by atoms with Crippen LogP contribution in [0.3, 0.4) is 0 Å². The molecule has 0 saturated carbocycles. The van der Waals surface area contributed by atoms with Crippen LogP contribution >= 0.6 is 0 Å². The summed E-state index contributed by atoms with van der Waals surface area (Å²) in [7, 11) is 1.22. The molecule has 2 aromatic rings. The van der Waals surface area contributed by atoms with Gasteiger partial charge >= 0.3 is 5.97 Å². The minimum atomic E-state index is -0.974. The summed E-state index contributed by atoms with van der Waals surface area (Å²) < 4.78 is 4.74. The molecule has 0 bridgehead atoms. The molecule has 0 radical (unpaired) electrons.